The first kappa shape index (κ1) is 16.2. The van der Waals surface area contributed by atoms with Gasteiger partial charge in [0.2, 0.25) is 11.8 Å². The van der Waals surface area contributed by atoms with Crippen molar-refractivity contribution in [2.45, 2.75) is 50.6 Å². The van der Waals surface area contributed by atoms with Gasteiger partial charge in [0.1, 0.15) is 0 Å². The predicted molar refractivity (Wildman–Crippen MR) is 79.9 cm³/mol. The Hall–Kier alpha value is -1.14. The lowest BCUT2D eigenvalue weighted by atomic mass is 9.94. The van der Waals surface area contributed by atoms with Gasteiger partial charge >= 0.3 is 0 Å². The largest absolute Gasteiger partial charge is 0.378 e. The number of nitrogens with one attached hydrogen (secondary N) is 2. The van der Waals surface area contributed by atoms with E-state index in [9.17, 15) is 9.59 Å². The molecule has 2 fully saturated rings. The van der Waals surface area contributed by atoms with Crippen molar-refractivity contribution < 1.29 is 14.3 Å². The van der Waals surface area contributed by atoms with Crippen LogP contribution in [-0.2, 0) is 14.3 Å². The smallest absolute Gasteiger partial charge is 0.241 e. The molecule has 2 N–H and O–H groups in total. The standard InChI is InChI=1S/C15H27N3O3/c1-18(13-5-3-2-4-6-13)15(20)10-17-14(19)9-12-11-21-8-7-16-12/h12-13,16H,2-11H2,1H3,(H,17,19). The molecule has 6 nitrogen and oxygen atoms in total. The zero-order valence-electron chi connectivity index (χ0n) is 12.9. The summed E-state index contributed by atoms with van der Waals surface area (Å²) in [6, 6.07) is 0.404. The normalized spacial score (nSPS) is 23.6. The van der Waals surface area contributed by atoms with Crippen LogP contribution in [0.5, 0.6) is 0 Å². The number of likely N-dealkylation sites (N-methyl/N-ethyl adjacent to an activating group) is 1. The second kappa shape index (κ2) is 8.34. The van der Waals surface area contributed by atoms with Crippen LogP contribution in [0.25, 0.3) is 0 Å². The molecule has 0 bridgehead atoms. The molecular weight excluding hydrogens is 270 g/mol. The average Bonchev–Trinajstić information content (AvgIpc) is 2.53. The SMILES string of the molecule is CN(C(=O)CNC(=O)CC1COCCN1)C1CCCCC1. The van der Waals surface area contributed by atoms with Gasteiger partial charge in [-0.2, -0.15) is 0 Å². The van der Waals surface area contributed by atoms with Crippen LogP contribution in [0.3, 0.4) is 0 Å². The van der Waals surface area contributed by atoms with Gasteiger partial charge in [-0.25, -0.2) is 0 Å². The lowest BCUT2D eigenvalue weighted by Crippen LogP contribution is -2.47. The number of ether oxygens (including phenoxy) is 1. The fraction of sp³-hybridized carbons (Fsp3) is 0.867. The quantitative estimate of drug-likeness (QED) is 0.764. The molecule has 1 saturated carbocycles. The number of hydrogen-bond donors (Lipinski definition) is 2. The van der Waals surface area contributed by atoms with E-state index in [1.807, 2.05) is 7.05 Å². The number of carbonyl (C=O) groups is 2. The summed E-state index contributed by atoms with van der Waals surface area (Å²) < 4.78 is 5.31. The Bertz CT molecular complexity index is 350. The first-order valence-electron chi connectivity index (χ1n) is 8.00. The van der Waals surface area contributed by atoms with Crippen LogP contribution in [0.15, 0.2) is 0 Å². The minimum Gasteiger partial charge on any atom is -0.378 e. The molecule has 0 aromatic carbocycles. The number of rotatable bonds is 5. The van der Waals surface area contributed by atoms with Gasteiger partial charge in [-0.15, -0.1) is 0 Å². The van der Waals surface area contributed by atoms with E-state index >= 15 is 0 Å². The first-order chi connectivity index (χ1) is 10.2. The van der Waals surface area contributed by atoms with Gasteiger partial charge in [-0.1, -0.05) is 19.3 Å². The maximum Gasteiger partial charge on any atom is 0.241 e. The van der Waals surface area contributed by atoms with Gasteiger partial charge in [-0.3, -0.25) is 9.59 Å². The first-order valence-corrected chi connectivity index (χ1v) is 8.00. The Labute approximate surface area is 126 Å². The second-order valence-corrected chi connectivity index (χ2v) is 6.00. The molecule has 0 aromatic rings. The molecule has 2 rings (SSSR count). The molecule has 2 aliphatic rings. The summed E-state index contributed by atoms with van der Waals surface area (Å²) in [6.07, 6.45) is 6.19. The minimum absolute atomic E-state index is 0.00287. The van der Waals surface area contributed by atoms with Crippen LogP contribution in [0.2, 0.25) is 0 Å². The third-order valence-electron chi connectivity index (χ3n) is 4.38. The Morgan fingerprint density at radius 3 is 2.71 bits per heavy atom. The van der Waals surface area contributed by atoms with Crippen LogP contribution < -0.4 is 10.6 Å². The summed E-state index contributed by atoms with van der Waals surface area (Å²) in [5, 5.41) is 5.95. The summed E-state index contributed by atoms with van der Waals surface area (Å²) in [7, 11) is 1.85. The minimum atomic E-state index is -0.0941. The molecule has 1 atom stereocenters. The summed E-state index contributed by atoms with van der Waals surface area (Å²) in [5.74, 6) is -0.0912. The molecule has 6 heteroatoms. The highest BCUT2D eigenvalue weighted by Crippen LogP contribution is 2.21. The molecule has 0 aromatic heterocycles. The molecule has 1 unspecified atom stereocenters. The van der Waals surface area contributed by atoms with Crippen LogP contribution in [0.4, 0.5) is 0 Å². The van der Waals surface area contributed by atoms with Crippen molar-refractivity contribution in [1.82, 2.24) is 15.5 Å². The van der Waals surface area contributed by atoms with Crippen LogP contribution >= 0.6 is 0 Å². The Kier molecular flexibility index (Phi) is 6.45. The van der Waals surface area contributed by atoms with Crippen molar-refractivity contribution in [2.24, 2.45) is 0 Å². The Morgan fingerprint density at radius 1 is 1.29 bits per heavy atom. The molecule has 2 amide bonds. The summed E-state index contributed by atoms with van der Waals surface area (Å²) in [4.78, 5) is 25.8. The lowest BCUT2D eigenvalue weighted by Gasteiger charge is -2.31. The van der Waals surface area contributed by atoms with Crippen molar-refractivity contribution in [1.29, 1.82) is 0 Å². The van der Waals surface area contributed by atoms with Gasteiger partial charge in [0.05, 0.1) is 19.8 Å². The number of morpholine rings is 1. The molecule has 1 aliphatic heterocycles. The van der Waals surface area contributed by atoms with E-state index in [1.54, 1.807) is 4.90 Å². The second-order valence-electron chi connectivity index (χ2n) is 6.00. The van der Waals surface area contributed by atoms with E-state index < -0.39 is 0 Å². The van der Waals surface area contributed by atoms with Crippen LogP contribution in [0.1, 0.15) is 38.5 Å². The van der Waals surface area contributed by atoms with Gasteiger partial charge in [0.25, 0.3) is 0 Å². The molecule has 0 radical (unpaired) electrons. The predicted octanol–water partition coefficient (Wildman–Crippen LogP) is 0.272. The van der Waals surface area contributed by atoms with Crippen molar-refractivity contribution in [3.8, 4) is 0 Å². The third-order valence-corrected chi connectivity index (χ3v) is 4.38. The topological polar surface area (TPSA) is 70.7 Å². The maximum atomic E-state index is 12.1. The number of nitrogens with zero attached hydrogens (tertiary/aromatic N) is 1. The molecular formula is C15H27N3O3. The van der Waals surface area contributed by atoms with E-state index in [2.05, 4.69) is 10.6 Å². The van der Waals surface area contributed by atoms with Crippen molar-refractivity contribution >= 4 is 11.8 Å². The van der Waals surface area contributed by atoms with Gasteiger partial charge in [-0.05, 0) is 12.8 Å². The number of carbonyl (C=O) groups excluding carboxylic acids is 2. The average molecular weight is 297 g/mol. The van der Waals surface area contributed by atoms with Crippen LogP contribution in [0, 0.1) is 0 Å². The van der Waals surface area contributed by atoms with E-state index in [-0.39, 0.29) is 24.4 Å². The highest BCUT2D eigenvalue weighted by molar-refractivity contribution is 5.85. The Morgan fingerprint density at radius 2 is 2.05 bits per heavy atom. The molecule has 1 saturated heterocycles. The van der Waals surface area contributed by atoms with Gasteiger partial charge in [0.15, 0.2) is 0 Å². The molecule has 0 spiro atoms. The lowest BCUT2D eigenvalue weighted by molar-refractivity contribution is -0.134. The van der Waals surface area contributed by atoms with E-state index in [1.165, 1.54) is 19.3 Å². The Balaban J connectivity index is 1.66. The van der Waals surface area contributed by atoms with E-state index in [0.717, 1.165) is 19.4 Å². The fourth-order valence-corrected chi connectivity index (χ4v) is 3.02. The fourth-order valence-electron chi connectivity index (χ4n) is 3.02. The zero-order valence-corrected chi connectivity index (χ0v) is 12.9. The number of hydrogen-bond acceptors (Lipinski definition) is 4. The van der Waals surface area contributed by atoms with Crippen molar-refractivity contribution in [3.05, 3.63) is 0 Å². The van der Waals surface area contributed by atoms with Gasteiger partial charge < -0.3 is 20.3 Å². The third kappa shape index (κ3) is 5.28. The highest BCUT2D eigenvalue weighted by atomic mass is 16.5. The summed E-state index contributed by atoms with van der Waals surface area (Å²) in [5.41, 5.74) is 0. The van der Waals surface area contributed by atoms with E-state index in [0.29, 0.717) is 25.7 Å². The molecule has 120 valence electrons. The maximum absolute atomic E-state index is 12.1. The zero-order chi connectivity index (χ0) is 15.1. The molecule has 1 aliphatic carbocycles. The molecule has 21 heavy (non-hydrogen) atoms. The van der Waals surface area contributed by atoms with Crippen LogP contribution in [-0.4, -0.2) is 62.1 Å². The summed E-state index contributed by atoms with van der Waals surface area (Å²) >= 11 is 0. The van der Waals surface area contributed by atoms with Crippen molar-refractivity contribution in [2.75, 3.05) is 33.4 Å². The van der Waals surface area contributed by atoms with Crippen molar-refractivity contribution in [3.63, 3.8) is 0 Å². The summed E-state index contributed by atoms with van der Waals surface area (Å²) in [6.45, 7) is 2.13. The van der Waals surface area contributed by atoms with Gasteiger partial charge in [0, 0.05) is 32.1 Å². The van der Waals surface area contributed by atoms with E-state index in [4.69, 9.17) is 4.74 Å². The monoisotopic (exact) mass is 297 g/mol. The molecule has 1 heterocycles. The number of amides is 2. The highest BCUT2D eigenvalue weighted by Gasteiger charge is 2.22.